The molecule has 0 atom stereocenters. The van der Waals surface area contributed by atoms with E-state index in [1.807, 2.05) is 6.92 Å². The number of aliphatic imine (C=N–C) groups is 1. The molecule has 0 saturated heterocycles. The van der Waals surface area contributed by atoms with Crippen molar-refractivity contribution < 1.29 is 4.92 Å². The highest BCUT2D eigenvalue weighted by molar-refractivity contribution is 14.0. The molecule has 0 radical (unpaired) electrons. The Hall–Kier alpha value is -1.38. The average molecular weight is 434 g/mol. The van der Waals surface area contributed by atoms with Gasteiger partial charge in [0, 0.05) is 19.2 Å². The highest BCUT2D eigenvalue weighted by Gasteiger charge is 2.12. The lowest BCUT2D eigenvalue weighted by molar-refractivity contribution is -0.385. The van der Waals surface area contributed by atoms with E-state index in [9.17, 15) is 10.1 Å². The summed E-state index contributed by atoms with van der Waals surface area (Å²) in [5.41, 5.74) is 0.731. The standard InChI is InChI=1S/C16H26N4O2.HI/c1-4-13(5-2)11-18-16(17-6-3)19-12-14-9-7-8-10-15(14)20(21)22;/h7-10,13H,4-6,11-12H2,1-3H3,(H2,17,18,19);1H. The number of guanidine groups is 1. The van der Waals surface area contributed by atoms with Gasteiger partial charge in [-0.05, 0) is 12.8 Å². The zero-order chi connectivity index (χ0) is 16.4. The number of hydrogen-bond donors (Lipinski definition) is 2. The molecule has 1 aromatic rings. The van der Waals surface area contributed by atoms with Gasteiger partial charge < -0.3 is 10.6 Å². The van der Waals surface area contributed by atoms with Crippen LogP contribution in [0.25, 0.3) is 0 Å². The largest absolute Gasteiger partial charge is 0.357 e. The van der Waals surface area contributed by atoms with Crippen molar-refractivity contribution in [3.8, 4) is 0 Å². The Kier molecular flexibility index (Phi) is 11.4. The van der Waals surface area contributed by atoms with E-state index >= 15 is 0 Å². The van der Waals surface area contributed by atoms with Crippen LogP contribution in [0, 0.1) is 16.0 Å². The maximum Gasteiger partial charge on any atom is 0.274 e. The summed E-state index contributed by atoms with van der Waals surface area (Å²) in [6.45, 7) is 8.25. The maximum atomic E-state index is 11.0. The molecule has 130 valence electrons. The number of nitrogens with zero attached hydrogens (tertiary/aromatic N) is 2. The van der Waals surface area contributed by atoms with Crippen molar-refractivity contribution in [2.75, 3.05) is 13.1 Å². The second-order valence-corrected chi connectivity index (χ2v) is 5.14. The van der Waals surface area contributed by atoms with Gasteiger partial charge in [0.15, 0.2) is 5.96 Å². The molecule has 0 aromatic heterocycles. The number of nitro benzene ring substituents is 1. The maximum absolute atomic E-state index is 11.0. The van der Waals surface area contributed by atoms with Gasteiger partial charge >= 0.3 is 0 Å². The summed E-state index contributed by atoms with van der Waals surface area (Å²) in [6, 6.07) is 6.71. The van der Waals surface area contributed by atoms with Crippen molar-refractivity contribution in [2.45, 2.75) is 40.2 Å². The number of halogens is 1. The lowest BCUT2D eigenvalue weighted by atomic mass is 10.0. The van der Waals surface area contributed by atoms with Crippen molar-refractivity contribution in [1.82, 2.24) is 10.6 Å². The number of rotatable bonds is 8. The van der Waals surface area contributed by atoms with Crippen molar-refractivity contribution in [3.63, 3.8) is 0 Å². The van der Waals surface area contributed by atoms with Crippen molar-refractivity contribution in [1.29, 1.82) is 0 Å². The minimum Gasteiger partial charge on any atom is -0.357 e. The normalized spacial score (nSPS) is 11.0. The molecular formula is C16H27IN4O2. The Bertz CT molecular complexity index is 505. The summed E-state index contributed by atoms with van der Waals surface area (Å²) in [5.74, 6) is 1.31. The molecule has 0 aliphatic carbocycles. The van der Waals surface area contributed by atoms with E-state index in [1.165, 1.54) is 6.07 Å². The Balaban J connectivity index is 0.00000484. The van der Waals surface area contributed by atoms with Crippen LogP contribution in [0.1, 0.15) is 39.2 Å². The molecule has 6 nitrogen and oxygen atoms in total. The van der Waals surface area contributed by atoms with Crippen LogP contribution in [0.4, 0.5) is 5.69 Å². The van der Waals surface area contributed by atoms with Crippen molar-refractivity contribution in [3.05, 3.63) is 39.9 Å². The predicted molar refractivity (Wildman–Crippen MR) is 105 cm³/mol. The second kappa shape index (κ2) is 12.1. The summed E-state index contributed by atoms with van der Waals surface area (Å²) < 4.78 is 0. The molecule has 0 aliphatic rings. The molecular weight excluding hydrogens is 407 g/mol. The number of hydrogen-bond acceptors (Lipinski definition) is 3. The summed E-state index contributed by atoms with van der Waals surface area (Å²) in [6.07, 6.45) is 2.24. The summed E-state index contributed by atoms with van der Waals surface area (Å²) in [4.78, 5) is 15.1. The summed E-state index contributed by atoms with van der Waals surface area (Å²) >= 11 is 0. The van der Waals surface area contributed by atoms with Gasteiger partial charge in [-0.25, -0.2) is 4.99 Å². The minimum atomic E-state index is -0.366. The lowest BCUT2D eigenvalue weighted by Gasteiger charge is -2.16. The molecule has 1 rings (SSSR count). The SMILES string of the molecule is CCNC(=NCc1ccccc1[N+](=O)[O-])NCC(CC)CC.I. The highest BCUT2D eigenvalue weighted by Crippen LogP contribution is 2.18. The van der Waals surface area contributed by atoms with Crippen molar-refractivity contribution >= 4 is 35.6 Å². The number of nitrogens with one attached hydrogen (secondary N) is 2. The van der Waals surface area contributed by atoms with Gasteiger partial charge in [0.2, 0.25) is 0 Å². The Morgan fingerprint density at radius 3 is 2.43 bits per heavy atom. The van der Waals surface area contributed by atoms with Gasteiger partial charge in [-0.15, -0.1) is 24.0 Å². The van der Waals surface area contributed by atoms with Crippen LogP contribution in [-0.2, 0) is 6.54 Å². The fourth-order valence-electron chi connectivity index (χ4n) is 2.15. The number of benzene rings is 1. The summed E-state index contributed by atoms with van der Waals surface area (Å²) in [7, 11) is 0. The fraction of sp³-hybridized carbons (Fsp3) is 0.562. The molecule has 0 spiro atoms. The molecule has 1 aromatic carbocycles. The smallest absolute Gasteiger partial charge is 0.274 e. The zero-order valence-corrected chi connectivity index (χ0v) is 16.4. The minimum absolute atomic E-state index is 0. The van der Waals surface area contributed by atoms with Gasteiger partial charge in [0.25, 0.3) is 5.69 Å². The quantitative estimate of drug-likeness (QED) is 0.215. The van der Waals surface area contributed by atoms with Gasteiger partial charge in [0.05, 0.1) is 17.0 Å². The highest BCUT2D eigenvalue weighted by atomic mass is 127. The first-order chi connectivity index (χ1) is 10.6. The van der Waals surface area contributed by atoms with E-state index in [2.05, 4.69) is 29.5 Å². The van der Waals surface area contributed by atoms with Gasteiger partial charge in [-0.1, -0.05) is 44.9 Å². The van der Waals surface area contributed by atoms with E-state index in [0.29, 0.717) is 17.4 Å². The molecule has 0 amide bonds. The van der Waals surface area contributed by atoms with E-state index < -0.39 is 0 Å². The van der Waals surface area contributed by atoms with Crippen LogP contribution >= 0.6 is 24.0 Å². The van der Waals surface area contributed by atoms with Crippen LogP contribution in [0.15, 0.2) is 29.3 Å². The summed E-state index contributed by atoms with van der Waals surface area (Å²) in [5, 5.41) is 17.5. The molecule has 0 unspecified atom stereocenters. The van der Waals surface area contributed by atoms with Gasteiger partial charge in [0.1, 0.15) is 0 Å². The second-order valence-electron chi connectivity index (χ2n) is 5.14. The third-order valence-corrected chi connectivity index (χ3v) is 3.65. The van der Waals surface area contributed by atoms with Crippen molar-refractivity contribution in [2.24, 2.45) is 10.9 Å². The molecule has 0 bridgehead atoms. The lowest BCUT2D eigenvalue weighted by Crippen LogP contribution is -2.39. The van der Waals surface area contributed by atoms with Gasteiger partial charge in [-0.2, -0.15) is 0 Å². The number of para-hydroxylation sites is 1. The molecule has 2 N–H and O–H groups in total. The van der Waals surface area contributed by atoms with Crippen LogP contribution in [-0.4, -0.2) is 24.0 Å². The van der Waals surface area contributed by atoms with E-state index in [1.54, 1.807) is 18.2 Å². The number of nitro groups is 1. The third-order valence-electron chi connectivity index (χ3n) is 3.65. The van der Waals surface area contributed by atoms with E-state index in [-0.39, 0.29) is 41.1 Å². The molecule has 0 fully saturated rings. The van der Waals surface area contributed by atoms with Crippen LogP contribution in [0.3, 0.4) is 0 Å². The first-order valence-corrected chi connectivity index (χ1v) is 7.86. The molecule has 23 heavy (non-hydrogen) atoms. The average Bonchev–Trinajstić information content (AvgIpc) is 2.53. The Morgan fingerprint density at radius 1 is 1.22 bits per heavy atom. The van der Waals surface area contributed by atoms with Gasteiger partial charge in [-0.3, -0.25) is 10.1 Å². The van der Waals surface area contributed by atoms with Crippen LogP contribution < -0.4 is 10.6 Å². The molecule has 7 heteroatoms. The third kappa shape index (κ3) is 7.62. The topological polar surface area (TPSA) is 79.6 Å². The zero-order valence-electron chi connectivity index (χ0n) is 14.0. The monoisotopic (exact) mass is 434 g/mol. The molecule has 0 heterocycles. The molecule has 0 saturated carbocycles. The Labute approximate surface area is 155 Å². The molecule has 0 aliphatic heterocycles. The Morgan fingerprint density at radius 2 is 1.87 bits per heavy atom. The van der Waals surface area contributed by atoms with Crippen LogP contribution in [0.5, 0.6) is 0 Å². The van der Waals surface area contributed by atoms with Crippen LogP contribution in [0.2, 0.25) is 0 Å². The fourth-order valence-corrected chi connectivity index (χ4v) is 2.15. The first kappa shape index (κ1) is 21.6. The van der Waals surface area contributed by atoms with E-state index in [4.69, 9.17) is 0 Å². The predicted octanol–water partition coefficient (Wildman–Crippen LogP) is 3.70. The first-order valence-electron chi connectivity index (χ1n) is 7.86. The van der Waals surface area contributed by atoms with E-state index in [0.717, 1.165) is 25.9 Å².